The fraction of sp³-hybridized carbons (Fsp3) is 0.923. The fourth-order valence-corrected chi connectivity index (χ4v) is 13.2. The summed E-state index contributed by atoms with van der Waals surface area (Å²) in [5, 5.41) is 31.0. The normalized spacial score (nSPS) is 54.1. The Hall–Kier alpha value is -1.03. The van der Waals surface area contributed by atoms with Gasteiger partial charge in [0.1, 0.15) is 18.3 Å². The summed E-state index contributed by atoms with van der Waals surface area (Å²) >= 11 is 0. The molecule has 3 N–H and O–H groups in total. The Kier molecular flexibility index (Phi) is 8.23. The molecule has 7 rings (SSSR count). The zero-order valence-electron chi connectivity index (χ0n) is 30.2. The summed E-state index contributed by atoms with van der Waals surface area (Å²) in [5.74, 6) is 1.28. The number of rotatable bonds is 4. The Balaban J connectivity index is 1.13. The van der Waals surface area contributed by atoms with Crippen LogP contribution in [0.2, 0.25) is 0 Å². The number of hydrogen-bond acceptors (Lipinski definition) is 8. The molecule has 7 aliphatic rings. The van der Waals surface area contributed by atoms with Crippen molar-refractivity contribution in [3.05, 3.63) is 11.6 Å². The summed E-state index contributed by atoms with van der Waals surface area (Å²) in [6.45, 7) is 17.1. The Labute approximate surface area is 282 Å². The van der Waals surface area contributed by atoms with Crippen molar-refractivity contribution in [1.82, 2.24) is 0 Å². The van der Waals surface area contributed by atoms with Gasteiger partial charge in [-0.2, -0.15) is 0 Å². The van der Waals surface area contributed by atoms with E-state index in [1.165, 1.54) is 6.42 Å². The number of fused-ring (bicyclic) bond motifs is 9. The van der Waals surface area contributed by atoms with E-state index >= 15 is 0 Å². The van der Waals surface area contributed by atoms with Crippen molar-refractivity contribution in [2.24, 2.45) is 50.2 Å². The van der Waals surface area contributed by atoms with E-state index in [4.69, 9.17) is 18.9 Å². The maximum Gasteiger partial charge on any atom is 0.312 e. The standard InChI is InChI=1S/C39H62O8/c1-22(40)32-31(42)30(41)25(46-32)19-29-45-21-36(5)26-11-14-38(7)27(35(26,4)13-12-28(36)47-29)10-9-23-24-20-34(2,3)15-17-39(24,33(43)44-8)18-16-37(23,38)6/h9,22,24-32,40-42H,10-21H2,1-8H3/t22-,24-,25?,26+,27+,28-,29+,30+,31-,32+,35-,36-,37+,38+,39-/m0/s1. The first-order chi connectivity index (χ1) is 22.0. The number of aliphatic hydroxyl groups is 3. The van der Waals surface area contributed by atoms with Gasteiger partial charge in [0.2, 0.25) is 0 Å². The first-order valence-corrected chi connectivity index (χ1v) is 18.7. The van der Waals surface area contributed by atoms with Crippen LogP contribution in [0.5, 0.6) is 0 Å². The van der Waals surface area contributed by atoms with Crippen LogP contribution in [0.1, 0.15) is 119 Å². The molecule has 0 spiro atoms. The smallest absolute Gasteiger partial charge is 0.312 e. The van der Waals surface area contributed by atoms with E-state index in [0.29, 0.717) is 24.9 Å². The Bertz CT molecular complexity index is 1280. The van der Waals surface area contributed by atoms with Crippen molar-refractivity contribution in [3.8, 4) is 0 Å². The molecule has 2 aliphatic heterocycles. The number of carbonyl (C=O) groups is 1. The minimum Gasteiger partial charge on any atom is -0.469 e. The van der Waals surface area contributed by atoms with Gasteiger partial charge >= 0.3 is 5.97 Å². The predicted molar refractivity (Wildman–Crippen MR) is 177 cm³/mol. The zero-order chi connectivity index (χ0) is 33.9. The fourth-order valence-electron chi connectivity index (χ4n) is 13.2. The second kappa shape index (κ2) is 11.2. The lowest BCUT2D eigenvalue weighted by molar-refractivity contribution is -0.319. The van der Waals surface area contributed by atoms with Crippen LogP contribution in [-0.4, -0.2) is 77.9 Å². The van der Waals surface area contributed by atoms with Gasteiger partial charge in [0.25, 0.3) is 0 Å². The molecule has 5 aliphatic carbocycles. The molecule has 266 valence electrons. The minimum absolute atomic E-state index is 0.0127. The van der Waals surface area contributed by atoms with Crippen molar-refractivity contribution in [1.29, 1.82) is 0 Å². The summed E-state index contributed by atoms with van der Waals surface area (Å²) in [6, 6.07) is 0. The quantitative estimate of drug-likeness (QED) is 0.251. The number of carbonyl (C=O) groups excluding carboxylic acids is 1. The molecule has 2 heterocycles. The maximum absolute atomic E-state index is 13.6. The monoisotopic (exact) mass is 658 g/mol. The molecule has 1 unspecified atom stereocenters. The average molecular weight is 659 g/mol. The molecule has 0 radical (unpaired) electrons. The number of aliphatic hydroxyl groups excluding tert-OH is 3. The van der Waals surface area contributed by atoms with E-state index in [-0.39, 0.29) is 50.5 Å². The van der Waals surface area contributed by atoms with Gasteiger partial charge in [0.15, 0.2) is 6.29 Å². The Morgan fingerprint density at radius 2 is 1.66 bits per heavy atom. The van der Waals surface area contributed by atoms with Crippen LogP contribution in [0, 0.1) is 50.2 Å². The second-order valence-corrected chi connectivity index (χ2v) is 18.9. The van der Waals surface area contributed by atoms with Gasteiger partial charge < -0.3 is 34.3 Å². The molecule has 47 heavy (non-hydrogen) atoms. The zero-order valence-corrected chi connectivity index (χ0v) is 30.2. The third-order valence-corrected chi connectivity index (χ3v) is 16.2. The summed E-state index contributed by atoms with van der Waals surface area (Å²) in [7, 11) is 1.58. The van der Waals surface area contributed by atoms with E-state index in [1.807, 2.05) is 0 Å². The molecule has 0 bridgehead atoms. The highest BCUT2D eigenvalue weighted by atomic mass is 16.7. The summed E-state index contributed by atoms with van der Waals surface area (Å²) in [5.41, 5.74) is 1.62. The minimum atomic E-state index is -1.13. The van der Waals surface area contributed by atoms with E-state index in [0.717, 1.165) is 57.8 Å². The largest absolute Gasteiger partial charge is 0.469 e. The maximum atomic E-state index is 13.6. The highest BCUT2D eigenvalue weighted by molar-refractivity contribution is 5.78. The number of allylic oxidation sites excluding steroid dienone is 2. The molecular weight excluding hydrogens is 596 g/mol. The van der Waals surface area contributed by atoms with Crippen molar-refractivity contribution in [2.45, 2.75) is 162 Å². The van der Waals surface area contributed by atoms with Crippen molar-refractivity contribution in [2.75, 3.05) is 13.7 Å². The van der Waals surface area contributed by atoms with Crippen molar-refractivity contribution in [3.63, 3.8) is 0 Å². The van der Waals surface area contributed by atoms with E-state index in [2.05, 4.69) is 47.6 Å². The number of esters is 1. The van der Waals surface area contributed by atoms with Gasteiger partial charge in [0, 0.05) is 11.8 Å². The second-order valence-electron chi connectivity index (χ2n) is 18.9. The van der Waals surface area contributed by atoms with Crippen LogP contribution in [0.3, 0.4) is 0 Å². The molecule has 0 aromatic carbocycles. The van der Waals surface area contributed by atoms with Gasteiger partial charge in [-0.25, -0.2) is 0 Å². The lowest BCUT2D eigenvalue weighted by atomic mass is 9.33. The first-order valence-electron chi connectivity index (χ1n) is 18.7. The molecule has 8 heteroatoms. The van der Waals surface area contributed by atoms with Crippen LogP contribution < -0.4 is 0 Å². The number of hydrogen-bond donors (Lipinski definition) is 3. The van der Waals surface area contributed by atoms with Gasteiger partial charge in [-0.3, -0.25) is 4.79 Å². The van der Waals surface area contributed by atoms with E-state index in [9.17, 15) is 20.1 Å². The molecule has 0 aromatic heterocycles. The number of ether oxygens (including phenoxy) is 4. The average Bonchev–Trinajstić information content (AvgIpc) is 3.29. The van der Waals surface area contributed by atoms with Gasteiger partial charge in [-0.05, 0) is 111 Å². The summed E-state index contributed by atoms with van der Waals surface area (Å²) in [4.78, 5) is 13.6. The van der Waals surface area contributed by atoms with Crippen LogP contribution >= 0.6 is 0 Å². The van der Waals surface area contributed by atoms with Crippen molar-refractivity contribution >= 4 is 5.97 Å². The molecule has 6 fully saturated rings. The molecule has 8 nitrogen and oxygen atoms in total. The van der Waals surface area contributed by atoms with Gasteiger partial charge in [0.05, 0.1) is 37.4 Å². The molecule has 0 amide bonds. The topological polar surface area (TPSA) is 115 Å². The van der Waals surface area contributed by atoms with Crippen LogP contribution in [0.25, 0.3) is 0 Å². The number of methoxy groups -OCH3 is 1. The third-order valence-electron chi connectivity index (χ3n) is 16.2. The van der Waals surface area contributed by atoms with Crippen molar-refractivity contribution < 1.29 is 39.1 Å². The summed E-state index contributed by atoms with van der Waals surface area (Å²) < 4.78 is 24.6. The highest BCUT2D eigenvalue weighted by Gasteiger charge is 2.70. The Morgan fingerprint density at radius 1 is 0.936 bits per heavy atom. The van der Waals surface area contributed by atoms with Crippen LogP contribution in [-0.2, 0) is 23.7 Å². The SMILES string of the molecule is COC(=O)[C@]12CCC(C)(C)C[C@H]1C1=CC[C@@H]3[C@@]4(C)CC[C@@H]5O[C@H](CC6O[C@H]([C@H](C)O)[C@@H](O)[C@@H]6O)OC[C@@]5(C)[C@@H]4CC[C@@]3(C)[C@]1(C)CC2. The van der Waals surface area contributed by atoms with Crippen LogP contribution in [0.4, 0.5) is 0 Å². The predicted octanol–water partition coefficient (Wildman–Crippen LogP) is 5.94. The lowest BCUT2D eigenvalue weighted by Gasteiger charge is -2.72. The molecule has 4 saturated carbocycles. The molecule has 2 saturated heterocycles. The molecular formula is C39H62O8. The lowest BCUT2D eigenvalue weighted by Crippen LogP contribution is -2.67. The molecule has 15 atom stereocenters. The highest BCUT2D eigenvalue weighted by Crippen LogP contribution is 2.76. The van der Waals surface area contributed by atoms with Gasteiger partial charge in [-0.1, -0.05) is 53.2 Å². The first kappa shape index (κ1) is 34.4. The molecule has 0 aromatic rings. The summed E-state index contributed by atoms with van der Waals surface area (Å²) in [6.07, 6.45) is 8.44. The van der Waals surface area contributed by atoms with Crippen LogP contribution in [0.15, 0.2) is 11.6 Å². The van der Waals surface area contributed by atoms with E-state index < -0.39 is 36.8 Å². The van der Waals surface area contributed by atoms with Gasteiger partial charge in [-0.15, -0.1) is 0 Å². The third kappa shape index (κ3) is 4.77. The Morgan fingerprint density at radius 3 is 2.34 bits per heavy atom. The van der Waals surface area contributed by atoms with E-state index in [1.54, 1.807) is 19.6 Å².